The maximum Gasteiger partial charge on any atom is 0.133 e. The van der Waals surface area contributed by atoms with Gasteiger partial charge in [0.2, 0.25) is 0 Å². The molecule has 0 aromatic heterocycles. The standard InChI is InChI=1S/C12H17FN2OS/c1-8(7-16)15(2)6-9-3-4-11(13)10(5-9)12(14)17/h3-5,8,16H,6-7H2,1-2H3,(H2,14,17). The van der Waals surface area contributed by atoms with E-state index in [2.05, 4.69) is 0 Å². The zero-order valence-corrected chi connectivity index (χ0v) is 10.8. The Morgan fingerprint density at radius 2 is 2.24 bits per heavy atom. The molecule has 0 aliphatic rings. The summed E-state index contributed by atoms with van der Waals surface area (Å²) in [5.74, 6) is -0.404. The molecule has 94 valence electrons. The smallest absolute Gasteiger partial charge is 0.133 e. The van der Waals surface area contributed by atoms with Crippen LogP contribution in [-0.4, -0.2) is 34.7 Å². The highest BCUT2D eigenvalue weighted by atomic mass is 32.1. The third-order valence-electron chi connectivity index (χ3n) is 2.74. The van der Waals surface area contributed by atoms with E-state index in [0.29, 0.717) is 6.54 Å². The van der Waals surface area contributed by atoms with Crippen molar-refractivity contribution >= 4 is 17.2 Å². The lowest BCUT2D eigenvalue weighted by atomic mass is 10.1. The van der Waals surface area contributed by atoms with E-state index in [1.54, 1.807) is 12.1 Å². The molecule has 1 atom stereocenters. The van der Waals surface area contributed by atoms with E-state index in [0.717, 1.165) is 5.56 Å². The fourth-order valence-corrected chi connectivity index (χ4v) is 1.60. The highest BCUT2D eigenvalue weighted by Gasteiger charge is 2.11. The van der Waals surface area contributed by atoms with Gasteiger partial charge in [-0.25, -0.2) is 4.39 Å². The first-order chi connectivity index (χ1) is 7.95. The van der Waals surface area contributed by atoms with Crippen molar-refractivity contribution in [3.63, 3.8) is 0 Å². The minimum absolute atomic E-state index is 0.0494. The number of hydrogen-bond donors (Lipinski definition) is 2. The summed E-state index contributed by atoms with van der Waals surface area (Å²) in [4.78, 5) is 2.03. The minimum atomic E-state index is -0.404. The average Bonchev–Trinajstić information content (AvgIpc) is 2.30. The lowest BCUT2D eigenvalue weighted by Gasteiger charge is -2.23. The predicted molar refractivity (Wildman–Crippen MR) is 70.3 cm³/mol. The molecule has 1 aromatic carbocycles. The number of halogens is 1. The van der Waals surface area contributed by atoms with Crippen LogP contribution in [0.3, 0.4) is 0 Å². The minimum Gasteiger partial charge on any atom is -0.395 e. The van der Waals surface area contributed by atoms with Crippen molar-refractivity contribution in [1.82, 2.24) is 4.90 Å². The van der Waals surface area contributed by atoms with Gasteiger partial charge in [0, 0.05) is 18.2 Å². The number of rotatable bonds is 5. The van der Waals surface area contributed by atoms with Crippen LogP contribution >= 0.6 is 12.2 Å². The zero-order chi connectivity index (χ0) is 13.0. The van der Waals surface area contributed by atoms with Crippen molar-refractivity contribution in [1.29, 1.82) is 0 Å². The van der Waals surface area contributed by atoms with Crippen LogP contribution in [0.5, 0.6) is 0 Å². The molecule has 1 aromatic rings. The molecular formula is C12H17FN2OS. The lowest BCUT2D eigenvalue weighted by Crippen LogP contribution is -2.31. The first-order valence-electron chi connectivity index (χ1n) is 5.35. The van der Waals surface area contributed by atoms with Gasteiger partial charge in [-0.3, -0.25) is 4.90 Å². The first kappa shape index (κ1) is 14.0. The van der Waals surface area contributed by atoms with Crippen LogP contribution in [-0.2, 0) is 6.54 Å². The second-order valence-corrected chi connectivity index (χ2v) is 4.56. The first-order valence-corrected chi connectivity index (χ1v) is 5.76. The summed E-state index contributed by atoms with van der Waals surface area (Å²) in [6, 6.07) is 4.75. The summed E-state index contributed by atoms with van der Waals surface area (Å²) in [6.45, 7) is 2.61. The van der Waals surface area contributed by atoms with Crippen molar-refractivity contribution in [3.05, 3.63) is 35.1 Å². The molecule has 0 fully saturated rings. The normalized spacial score (nSPS) is 12.8. The highest BCUT2D eigenvalue weighted by Crippen LogP contribution is 2.13. The summed E-state index contributed by atoms with van der Waals surface area (Å²) >= 11 is 4.78. The third kappa shape index (κ3) is 3.73. The second-order valence-electron chi connectivity index (χ2n) is 4.13. The van der Waals surface area contributed by atoms with Gasteiger partial charge < -0.3 is 10.8 Å². The number of benzene rings is 1. The molecule has 5 heteroatoms. The van der Waals surface area contributed by atoms with E-state index in [4.69, 9.17) is 23.1 Å². The van der Waals surface area contributed by atoms with Crippen molar-refractivity contribution in [2.24, 2.45) is 5.73 Å². The molecule has 3 N–H and O–H groups in total. The average molecular weight is 256 g/mol. The van der Waals surface area contributed by atoms with Gasteiger partial charge in [-0.15, -0.1) is 0 Å². The summed E-state index contributed by atoms with van der Waals surface area (Å²) in [5, 5.41) is 9.03. The number of nitrogens with two attached hydrogens (primary N) is 1. The summed E-state index contributed by atoms with van der Waals surface area (Å²) in [7, 11) is 1.89. The SMILES string of the molecule is CC(CO)N(C)Cc1ccc(F)c(C(N)=S)c1. The Morgan fingerprint density at radius 1 is 1.59 bits per heavy atom. The number of aliphatic hydroxyl groups is 1. The highest BCUT2D eigenvalue weighted by molar-refractivity contribution is 7.80. The monoisotopic (exact) mass is 256 g/mol. The number of likely N-dealkylation sites (N-methyl/N-ethyl adjacent to an activating group) is 1. The Kier molecular flexibility index (Phi) is 4.99. The molecular weight excluding hydrogens is 239 g/mol. The molecule has 0 saturated carbocycles. The number of thiocarbonyl (C=S) groups is 1. The van der Waals surface area contributed by atoms with Gasteiger partial charge in [0.1, 0.15) is 10.8 Å². The van der Waals surface area contributed by atoms with Crippen molar-refractivity contribution in [3.8, 4) is 0 Å². The summed E-state index contributed by atoms with van der Waals surface area (Å²) in [6.07, 6.45) is 0. The Morgan fingerprint density at radius 3 is 2.76 bits per heavy atom. The molecule has 1 unspecified atom stereocenters. The molecule has 3 nitrogen and oxygen atoms in total. The Bertz CT molecular complexity index is 411. The van der Waals surface area contributed by atoms with Crippen LogP contribution < -0.4 is 5.73 Å². The fourth-order valence-electron chi connectivity index (χ4n) is 1.44. The van der Waals surface area contributed by atoms with Gasteiger partial charge >= 0.3 is 0 Å². The quantitative estimate of drug-likeness (QED) is 0.779. The molecule has 17 heavy (non-hydrogen) atoms. The Labute approximate surface area is 106 Å². The van der Waals surface area contributed by atoms with Crippen LogP contribution in [0.1, 0.15) is 18.1 Å². The van der Waals surface area contributed by atoms with E-state index in [1.807, 2.05) is 18.9 Å². The van der Waals surface area contributed by atoms with E-state index in [-0.39, 0.29) is 23.2 Å². The number of hydrogen-bond acceptors (Lipinski definition) is 3. The van der Waals surface area contributed by atoms with Crippen LogP contribution in [0.4, 0.5) is 4.39 Å². The van der Waals surface area contributed by atoms with Crippen LogP contribution in [0.2, 0.25) is 0 Å². The number of nitrogens with zero attached hydrogens (tertiary/aromatic N) is 1. The fraction of sp³-hybridized carbons (Fsp3) is 0.417. The van der Waals surface area contributed by atoms with Crippen LogP contribution in [0.15, 0.2) is 18.2 Å². The van der Waals surface area contributed by atoms with Gasteiger partial charge in [-0.1, -0.05) is 18.3 Å². The largest absolute Gasteiger partial charge is 0.395 e. The third-order valence-corrected chi connectivity index (χ3v) is 2.96. The zero-order valence-electron chi connectivity index (χ0n) is 9.98. The van der Waals surface area contributed by atoms with Gasteiger partial charge in [0.15, 0.2) is 0 Å². The molecule has 0 amide bonds. The molecule has 0 spiro atoms. The van der Waals surface area contributed by atoms with E-state index < -0.39 is 5.82 Å². The van der Waals surface area contributed by atoms with Crippen molar-refractivity contribution in [2.75, 3.05) is 13.7 Å². The molecule has 1 rings (SSSR count). The Balaban J connectivity index is 2.86. The molecule has 0 saturated heterocycles. The maximum atomic E-state index is 13.4. The van der Waals surface area contributed by atoms with Gasteiger partial charge in [0.25, 0.3) is 0 Å². The van der Waals surface area contributed by atoms with Gasteiger partial charge in [-0.2, -0.15) is 0 Å². The van der Waals surface area contributed by atoms with Crippen molar-refractivity contribution < 1.29 is 9.50 Å². The van der Waals surface area contributed by atoms with E-state index in [1.165, 1.54) is 6.07 Å². The number of aliphatic hydroxyl groups excluding tert-OH is 1. The molecule has 0 heterocycles. The Hall–Kier alpha value is -1.04. The lowest BCUT2D eigenvalue weighted by molar-refractivity contribution is 0.154. The predicted octanol–water partition coefficient (Wildman–Crippen LogP) is 1.27. The topological polar surface area (TPSA) is 49.5 Å². The van der Waals surface area contributed by atoms with Gasteiger partial charge in [0.05, 0.1) is 6.61 Å². The molecule has 0 bridgehead atoms. The summed E-state index contributed by atoms with van der Waals surface area (Å²) in [5.41, 5.74) is 6.62. The van der Waals surface area contributed by atoms with Crippen LogP contribution in [0.25, 0.3) is 0 Å². The van der Waals surface area contributed by atoms with E-state index >= 15 is 0 Å². The molecule has 0 aliphatic carbocycles. The maximum absolute atomic E-state index is 13.4. The van der Waals surface area contributed by atoms with Gasteiger partial charge in [-0.05, 0) is 31.7 Å². The van der Waals surface area contributed by atoms with Crippen LogP contribution in [0, 0.1) is 5.82 Å². The van der Waals surface area contributed by atoms with E-state index in [9.17, 15) is 4.39 Å². The molecule has 0 radical (unpaired) electrons. The molecule has 0 aliphatic heterocycles. The van der Waals surface area contributed by atoms with Crippen molar-refractivity contribution in [2.45, 2.75) is 19.5 Å². The summed E-state index contributed by atoms with van der Waals surface area (Å²) < 4.78 is 13.4. The second kappa shape index (κ2) is 6.05.